The Labute approximate surface area is 84.5 Å². The Bertz CT molecular complexity index is 303. The highest BCUT2D eigenvalue weighted by atomic mass is 32.1. The van der Waals surface area contributed by atoms with Crippen LogP contribution >= 0.6 is 12.2 Å². The predicted molar refractivity (Wildman–Crippen MR) is 58.9 cm³/mol. The largest absolute Gasteiger partial charge is 0.294 e. The number of allylic oxidation sites excluding steroid dienone is 4. The molecule has 0 aromatic heterocycles. The second-order valence-electron chi connectivity index (χ2n) is 4.21. The molecule has 1 rings (SSSR count). The van der Waals surface area contributed by atoms with Crippen LogP contribution in [0.2, 0.25) is 0 Å². The van der Waals surface area contributed by atoms with E-state index in [1.165, 1.54) is 0 Å². The third-order valence-electron chi connectivity index (χ3n) is 1.93. The van der Waals surface area contributed by atoms with Crippen LogP contribution in [0.5, 0.6) is 0 Å². The highest BCUT2D eigenvalue weighted by molar-refractivity contribution is 7.81. The average molecular weight is 194 g/mol. The maximum Gasteiger partial charge on any atom is 0.169 e. The van der Waals surface area contributed by atoms with Gasteiger partial charge in [-0.05, 0) is 0 Å². The molecule has 0 amide bonds. The van der Waals surface area contributed by atoms with Crippen LogP contribution in [0.1, 0.15) is 27.2 Å². The van der Waals surface area contributed by atoms with Gasteiger partial charge in [0.15, 0.2) is 5.78 Å². The molecule has 1 nitrogen and oxygen atoms in total. The molecule has 1 aliphatic carbocycles. The lowest BCUT2D eigenvalue weighted by atomic mass is 9.83. The molecule has 0 saturated heterocycles. The molecule has 0 unspecified atom stereocenters. The van der Waals surface area contributed by atoms with Crippen LogP contribution in [0.3, 0.4) is 0 Å². The zero-order chi connectivity index (χ0) is 10.1. The van der Waals surface area contributed by atoms with Crippen molar-refractivity contribution in [2.24, 2.45) is 5.41 Å². The monoisotopic (exact) mass is 194 g/mol. The molecule has 0 spiro atoms. The highest BCUT2D eigenvalue weighted by Crippen LogP contribution is 2.23. The van der Waals surface area contributed by atoms with Crippen LogP contribution < -0.4 is 0 Å². The van der Waals surface area contributed by atoms with E-state index < -0.39 is 0 Å². The molecule has 0 atom stereocenters. The molecule has 13 heavy (non-hydrogen) atoms. The zero-order valence-corrected chi connectivity index (χ0v) is 9.07. The molecule has 70 valence electrons. The molecule has 1 aliphatic rings. The van der Waals surface area contributed by atoms with Crippen molar-refractivity contribution in [2.75, 3.05) is 0 Å². The number of carbonyl (C=O) groups excluding carboxylic acids is 1. The fourth-order valence-electron chi connectivity index (χ4n) is 1.15. The number of carbonyl (C=O) groups is 1. The second-order valence-corrected chi connectivity index (χ2v) is 4.71. The van der Waals surface area contributed by atoms with E-state index in [9.17, 15) is 4.79 Å². The first-order chi connectivity index (χ1) is 5.93. The summed E-state index contributed by atoms with van der Waals surface area (Å²) in [7, 11) is 0. The van der Waals surface area contributed by atoms with Gasteiger partial charge < -0.3 is 0 Å². The maximum absolute atomic E-state index is 11.8. The summed E-state index contributed by atoms with van der Waals surface area (Å²) >= 11 is 5.13. The third-order valence-corrected chi connectivity index (χ3v) is 2.32. The lowest BCUT2D eigenvalue weighted by Crippen LogP contribution is -2.25. The molecular weight excluding hydrogens is 180 g/mol. The summed E-state index contributed by atoms with van der Waals surface area (Å²) in [6.45, 7) is 5.74. The first-order valence-electron chi connectivity index (χ1n) is 4.38. The van der Waals surface area contributed by atoms with Gasteiger partial charge in [-0.1, -0.05) is 51.2 Å². The maximum atomic E-state index is 11.8. The molecule has 0 N–H and O–H groups in total. The minimum absolute atomic E-state index is 0.141. The summed E-state index contributed by atoms with van der Waals surface area (Å²) in [4.78, 5) is 12.6. The summed E-state index contributed by atoms with van der Waals surface area (Å²) in [5.74, 6) is 0.141. The van der Waals surface area contributed by atoms with Gasteiger partial charge in [-0.15, -0.1) is 0 Å². The van der Waals surface area contributed by atoms with Gasteiger partial charge in [-0.3, -0.25) is 4.79 Å². The van der Waals surface area contributed by atoms with Crippen molar-refractivity contribution in [1.82, 2.24) is 0 Å². The Morgan fingerprint density at radius 1 is 1.46 bits per heavy atom. The summed E-state index contributed by atoms with van der Waals surface area (Å²) < 4.78 is 0. The van der Waals surface area contributed by atoms with Gasteiger partial charge >= 0.3 is 0 Å². The van der Waals surface area contributed by atoms with Crippen molar-refractivity contribution in [3.63, 3.8) is 0 Å². The van der Waals surface area contributed by atoms with Crippen LogP contribution in [0.4, 0.5) is 0 Å². The summed E-state index contributed by atoms with van der Waals surface area (Å²) in [5.41, 5.74) is 0.381. The minimum atomic E-state index is -0.332. The molecule has 2 heteroatoms. The van der Waals surface area contributed by atoms with Crippen LogP contribution in [0.25, 0.3) is 0 Å². The Balaban J connectivity index is 2.95. The van der Waals surface area contributed by atoms with E-state index in [0.29, 0.717) is 5.57 Å². The second kappa shape index (κ2) is 3.54. The van der Waals surface area contributed by atoms with E-state index in [2.05, 4.69) is 0 Å². The molecule has 0 aliphatic heterocycles. The molecule has 0 saturated carbocycles. The first-order valence-corrected chi connectivity index (χ1v) is 4.78. The zero-order valence-electron chi connectivity index (χ0n) is 8.26. The van der Waals surface area contributed by atoms with E-state index in [0.717, 1.165) is 11.3 Å². The summed E-state index contributed by atoms with van der Waals surface area (Å²) in [6, 6.07) is 0. The number of thiocarbonyl (C=S) groups is 1. The lowest BCUT2D eigenvalue weighted by Gasteiger charge is -2.20. The normalized spacial score (nSPS) is 17.2. The molecule has 0 radical (unpaired) electrons. The first kappa shape index (κ1) is 10.3. The van der Waals surface area contributed by atoms with E-state index in [1.54, 1.807) is 0 Å². The van der Waals surface area contributed by atoms with Crippen molar-refractivity contribution in [3.8, 4) is 0 Å². The standard InChI is InChI=1S/C11H14OS/c1-11(2,3)10(12)8-6-4-5-7-9(8)13/h4-6H,7H2,1-3H3. The number of hydrogen-bond acceptors (Lipinski definition) is 2. The van der Waals surface area contributed by atoms with Crippen LogP contribution in [0.15, 0.2) is 23.8 Å². The lowest BCUT2D eigenvalue weighted by molar-refractivity contribution is -0.121. The minimum Gasteiger partial charge on any atom is -0.294 e. The van der Waals surface area contributed by atoms with E-state index >= 15 is 0 Å². The fraction of sp³-hybridized carbons (Fsp3) is 0.455. The molecule has 0 aromatic carbocycles. The van der Waals surface area contributed by atoms with E-state index in [1.807, 2.05) is 39.0 Å². The van der Waals surface area contributed by atoms with Gasteiger partial charge in [0.1, 0.15) is 0 Å². The predicted octanol–water partition coefficient (Wildman–Crippen LogP) is 2.86. The van der Waals surface area contributed by atoms with E-state index in [-0.39, 0.29) is 11.2 Å². The van der Waals surface area contributed by atoms with Gasteiger partial charge in [0.25, 0.3) is 0 Å². The topological polar surface area (TPSA) is 17.1 Å². The van der Waals surface area contributed by atoms with Crippen molar-refractivity contribution < 1.29 is 4.79 Å². The molecule has 0 fully saturated rings. The van der Waals surface area contributed by atoms with Crippen LogP contribution in [-0.2, 0) is 4.79 Å². The van der Waals surface area contributed by atoms with Gasteiger partial charge in [0, 0.05) is 22.3 Å². The summed E-state index contributed by atoms with van der Waals surface area (Å²) in [5, 5.41) is 0. The third kappa shape index (κ3) is 2.34. The molecule has 0 heterocycles. The van der Waals surface area contributed by atoms with Gasteiger partial charge in [0.2, 0.25) is 0 Å². The quantitative estimate of drug-likeness (QED) is 0.597. The Kier molecular flexibility index (Phi) is 2.81. The number of hydrogen-bond donors (Lipinski definition) is 0. The summed E-state index contributed by atoms with van der Waals surface area (Å²) in [6.07, 6.45) is 6.42. The van der Waals surface area contributed by atoms with Crippen molar-refractivity contribution >= 4 is 22.9 Å². The Morgan fingerprint density at radius 3 is 2.54 bits per heavy atom. The van der Waals surface area contributed by atoms with Crippen molar-refractivity contribution in [1.29, 1.82) is 0 Å². The Hall–Kier alpha value is -0.760. The van der Waals surface area contributed by atoms with Crippen LogP contribution in [-0.4, -0.2) is 10.6 Å². The molecular formula is C11H14OS. The van der Waals surface area contributed by atoms with Crippen molar-refractivity contribution in [3.05, 3.63) is 23.8 Å². The van der Waals surface area contributed by atoms with E-state index in [4.69, 9.17) is 12.2 Å². The molecule has 0 bridgehead atoms. The number of ketones is 1. The highest BCUT2D eigenvalue weighted by Gasteiger charge is 2.26. The smallest absolute Gasteiger partial charge is 0.169 e. The fourth-order valence-corrected chi connectivity index (χ4v) is 1.41. The van der Waals surface area contributed by atoms with Gasteiger partial charge in [0.05, 0.1) is 0 Å². The number of Topliss-reactive ketones (excluding diaryl/α,β-unsaturated/α-hetero) is 1. The Morgan fingerprint density at radius 2 is 2.08 bits per heavy atom. The van der Waals surface area contributed by atoms with Crippen LogP contribution in [0, 0.1) is 5.41 Å². The van der Waals surface area contributed by atoms with Gasteiger partial charge in [-0.2, -0.15) is 0 Å². The average Bonchev–Trinajstić information content (AvgIpc) is 2.02. The number of rotatable bonds is 1. The molecule has 0 aromatic rings. The van der Waals surface area contributed by atoms with Crippen molar-refractivity contribution in [2.45, 2.75) is 27.2 Å². The van der Waals surface area contributed by atoms with Gasteiger partial charge in [-0.25, -0.2) is 0 Å². The SMILES string of the molecule is CC(C)(C)C(=O)C1=CC=CCC1=S.